The molecule has 328 valence electrons. The van der Waals surface area contributed by atoms with Gasteiger partial charge in [-0.05, 0) is 74.3 Å². The maximum atomic E-state index is 14.4. The number of benzene rings is 2. The monoisotopic (exact) mass is 842 g/mol. The molecule has 1 aromatic heterocycles. The Morgan fingerprint density at radius 3 is 2.31 bits per heavy atom. The Labute approximate surface area is 355 Å². The zero-order valence-corrected chi connectivity index (χ0v) is 35.4. The molecule has 3 aromatic rings. The van der Waals surface area contributed by atoms with E-state index in [4.69, 9.17) is 13.9 Å². The highest BCUT2D eigenvalue weighted by molar-refractivity contribution is 5.91. The van der Waals surface area contributed by atoms with Gasteiger partial charge in [0.25, 0.3) is 5.91 Å². The van der Waals surface area contributed by atoms with Crippen LogP contribution in [0.15, 0.2) is 45.6 Å². The topological polar surface area (TPSA) is 170 Å². The van der Waals surface area contributed by atoms with E-state index < -0.39 is 18.0 Å². The van der Waals surface area contributed by atoms with Crippen molar-refractivity contribution >= 4 is 46.7 Å². The minimum Gasteiger partial charge on any atom is -0.463 e. The van der Waals surface area contributed by atoms with Crippen LogP contribution in [-0.2, 0) is 43.7 Å². The molecule has 0 radical (unpaired) electrons. The third-order valence-electron chi connectivity index (χ3n) is 13.2. The largest absolute Gasteiger partial charge is 0.463 e. The summed E-state index contributed by atoms with van der Waals surface area (Å²) in [6, 6.07) is 11.6. The standard InChI is InChI=1S/C44H58N8O9/c1-30-26-31(27-36-40(30)46(2)43(57)60-36)28-37(61-44(58)51-17-12-34(13-18-51)52-19-9-32-6-3-4-7-35(32)45-42(52)56)41(55)50-15-10-33(11-16-50)48-22-20-47(21-23-48)29-39(54)59-25-24-49-14-5-8-38(49)53/h3-4,6-7,26-27,33-34,37H,5,8-25,28-29H2,1-2H3,(H,45,56)/t37-/m1/s1. The average Bonchev–Trinajstić information content (AvgIpc) is 3.74. The molecule has 4 fully saturated rings. The summed E-state index contributed by atoms with van der Waals surface area (Å²) in [5.74, 6) is -0.888. The predicted octanol–water partition coefficient (Wildman–Crippen LogP) is 2.82. The van der Waals surface area contributed by atoms with Gasteiger partial charge in [-0.25, -0.2) is 14.4 Å². The molecule has 17 nitrogen and oxygen atoms in total. The van der Waals surface area contributed by atoms with Crippen LogP contribution in [0.25, 0.3) is 11.1 Å². The summed E-state index contributed by atoms with van der Waals surface area (Å²) in [6.45, 7) is 8.98. The predicted molar refractivity (Wildman–Crippen MR) is 225 cm³/mol. The summed E-state index contributed by atoms with van der Waals surface area (Å²) < 4.78 is 18.5. The number of carbonyl (C=O) groups excluding carboxylic acids is 5. The van der Waals surface area contributed by atoms with E-state index >= 15 is 0 Å². The van der Waals surface area contributed by atoms with Crippen LogP contribution in [0.1, 0.15) is 55.2 Å². The number of hydrogen-bond acceptors (Lipinski definition) is 11. The molecule has 0 bridgehead atoms. The van der Waals surface area contributed by atoms with Crippen LogP contribution in [0.4, 0.5) is 15.3 Å². The van der Waals surface area contributed by atoms with Crippen molar-refractivity contribution in [2.45, 2.75) is 76.5 Å². The fraction of sp³-hybridized carbons (Fsp3) is 0.591. The number of hydrogen-bond donors (Lipinski definition) is 1. The number of nitrogens with one attached hydrogen (secondary N) is 1. The van der Waals surface area contributed by atoms with Crippen molar-refractivity contribution in [1.29, 1.82) is 0 Å². The summed E-state index contributed by atoms with van der Waals surface area (Å²) in [4.78, 5) is 89.7. The minimum atomic E-state index is -1.09. The normalized spacial score (nSPS) is 20.4. The third kappa shape index (κ3) is 9.72. The van der Waals surface area contributed by atoms with Gasteiger partial charge in [-0.2, -0.15) is 0 Å². The zero-order valence-electron chi connectivity index (χ0n) is 35.4. The molecule has 8 rings (SSSR count). The number of amides is 5. The highest BCUT2D eigenvalue weighted by Crippen LogP contribution is 2.27. The summed E-state index contributed by atoms with van der Waals surface area (Å²) in [7, 11) is 1.65. The van der Waals surface area contributed by atoms with Crippen LogP contribution in [-0.4, -0.2) is 167 Å². The number of nitrogens with zero attached hydrogens (tertiary/aromatic N) is 7. The van der Waals surface area contributed by atoms with Gasteiger partial charge in [0.2, 0.25) is 5.91 Å². The number of aromatic nitrogens is 1. The van der Waals surface area contributed by atoms with Crippen molar-refractivity contribution in [2.24, 2.45) is 7.05 Å². The second kappa shape index (κ2) is 18.7. The van der Waals surface area contributed by atoms with Crippen molar-refractivity contribution in [1.82, 2.24) is 34.0 Å². The Bertz CT molecular complexity index is 2160. The SMILES string of the molecule is Cc1cc(C[C@@H](OC(=O)N2CCC(N3CCc4ccccc4NC3=O)CC2)C(=O)N2CCC(N3CCN(CC(=O)OCCN4CCCC4=O)CC3)CC2)cc2oc(=O)n(C)c12. The number of urea groups is 1. The van der Waals surface area contributed by atoms with Crippen LogP contribution in [0.3, 0.4) is 0 Å². The van der Waals surface area contributed by atoms with Crippen molar-refractivity contribution in [3.8, 4) is 0 Å². The second-order valence-corrected chi connectivity index (χ2v) is 17.1. The molecule has 0 aliphatic carbocycles. The highest BCUT2D eigenvalue weighted by Gasteiger charge is 2.37. The van der Waals surface area contributed by atoms with Crippen LogP contribution in [0, 0.1) is 6.92 Å². The Morgan fingerprint density at radius 2 is 1.57 bits per heavy atom. The van der Waals surface area contributed by atoms with E-state index in [1.54, 1.807) is 27.8 Å². The number of anilines is 1. The number of piperidine rings is 2. The maximum absolute atomic E-state index is 14.4. The van der Waals surface area contributed by atoms with E-state index in [2.05, 4.69) is 15.1 Å². The van der Waals surface area contributed by atoms with Crippen LogP contribution >= 0.6 is 0 Å². The lowest BCUT2D eigenvalue weighted by Gasteiger charge is -2.43. The molecule has 17 heteroatoms. The number of oxazole rings is 1. The first-order valence-corrected chi connectivity index (χ1v) is 21.9. The number of likely N-dealkylation sites (tertiary alicyclic amines) is 3. The van der Waals surface area contributed by atoms with Gasteiger partial charge in [0.15, 0.2) is 11.7 Å². The molecule has 5 aliphatic heterocycles. The van der Waals surface area contributed by atoms with Crippen molar-refractivity contribution in [3.05, 3.63) is 63.6 Å². The minimum absolute atomic E-state index is 0.0321. The first kappa shape index (κ1) is 42.3. The summed E-state index contributed by atoms with van der Waals surface area (Å²) in [6.07, 6.45) is 3.36. The van der Waals surface area contributed by atoms with E-state index in [0.717, 1.165) is 80.8 Å². The second-order valence-electron chi connectivity index (χ2n) is 17.1. The number of esters is 1. The van der Waals surface area contributed by atoms with Gasteiger partial charge < -0.3 is 38.8 Å². The summed E-state index contributed by atoms with van der Waals surface area (Å²) in [5, 5.41) is 3.04. The number of fused-ring (bicyclic) bond motifs is 2. The number of rotatable bonds is 11. The fourth-order valence-electron chi connectivity index (χ4n) is 9.77. The maximum Gasteiger partial charge on any atom is 0.419 e. The van der Waals surface area contributed by atoms with E-state index in [1.165, 1.54) is 4.57 Å². The zero-order chi connectivity index (χ0) is 42.6. The summed E-state index contributed by atoms with van der Waals surface area (Å²) >= 11 is 0. The smallest absolute Gasteiger partial charge is 0.419 e. The quantitative estimate of drug-likeness (QED) is 0.282. The molecule has 1 N–H and O–H groups in total. The molecule has 5 aliphatic rings. The van der Waals surface area contributed by atoms with E-state index in [1.807, 2.05) is 42.2 Å². The molecule has 0 saturated carbocycles. The lowest BCUT2D eigenvalue weighted by Crippen LogP contribution is -2.55. The Balaban J connectivity index is 0.852. The third-order valence-corrected chi connectivity index (χ3v) is 13.2. The lowest BCUT2D eigenvalue weighted by molar-refractivity contribution is -0.147. The number of piperazine rings is 1. The number of para-hydroxylation sites is 1. The fourth-order valence-corrected chi connectivity index (χ4v) is 9.77. The van der Waals surface area contributed by atoms with Gasteiger partial charge in [-0.1, -0.05) is 24.3 Å². The molecule has 61 heavy (non-hydrogen) atoms. The van der Waals surface area contributed by atoms with Gasteiger partial charge in [-0.3, -0.25) is 28.8 Å². The Morgan fingerprint density at radius 1 is 0.852 bits per heavy atom. The molecular weight excluding hydrogens is 785 g/mol. The van der Waals surface area contributed by atoms with Gasteiger partial charge in [0.1, 0.15) is 6.61 Å². The molecule has 5 amide bonds. The Hall–Kier alpha value is -5.42. The first-order valence-electron chi connectivity index (χ1n) is 21.9. The molecule has 6 heterocycles. The first-order chi connectivity index (χ1) is 29.5. The lowest BCUT2D eigenvalue weighted by atomic mass is 9.99. The van der Waals surface area contributed by atoms with Gasteiger partial charge >= 0.3 is 23.8 Å². The molecule has 0 unspecified atom stereocenters. The van der Waals surface area contributed by atoms with E-state index in [0.29, 0.717) is 69.6 Å². The molecular formula is C44H58N8O9. The molecule has 0 spiro atoms. The number of ether oxygens (including phenoxy) is 2. The molecule has 2 aromatic carbocycles. The van der Waals surface area contributed by atoms with Gasteiger partial charge in [-0.15, -0.1) is 0 Å². The van der Waals surface area contributed by atoms with E-state index in [-0.39, 0.29) is 55.5 Å². The van der Waals surface area contributed by atoms with Crippen molar-refractivity contribution in [2.75, 3.05) is 90.5 Å². The number of carbonyl (C=O) groups is 5. The van der Waals surface area contributed by atoms with E-state index in [9.17, 15) is 28.8 Å². The van der Waals surface area contributed by atoms with Gasteiger partial charge in [0, 0.05) is 103 Å². The molecule has 4 saturated heterocycles. The summed E-state index contributed by atoms with van der Waals surface area (Å²) in [5.41, 5.74) is 4.55. The Kier molecular flexibility index (Phi) is 12.9. The average molecular weight is 843 g/mol. The van der Waals surface area contributed by atoms with Crippen LogP contribution in [0.2, 0.25) is 0 Å². The molecule has 1 atom stereocenters. The van der Waals surface area contributed by atoms with Crippen molar-refractivity contribution in [3.63, 3.8) is 0 Å². The van der Waals surface area contributed by atoms with Gasteiger partial charge in [0.05, 0.1) is 18.6 Å². The van der Waals surface area contributed by atoms with Crippen LogP contribution < -0.4 is 11.1 Å². The highest BCUT2D eigenvalue weighted by atomic mass is 16.6. The number of aryl methyl sites for hydroxylation is 2. The van der Waals surface area contributed by atoms with Crippen molar-refractivity contribution < 1.29 is 37.9 Å². The van der Waals surface area contributed by atoms with Crippen LogP contribution in [0.5, 0.6) is 0 Å².